The summed E-state index contributed by atoms with van der Waals surface area (Å²) in [6, 6.07) is 10.1. The normalized spacial score (nSPS) is 12.1. The molecule has 6 heteroatoms. The molecular formula is C13H15N3O3. The molecule has 0 amide bonds. The number of anilines is 1. The second-order valence-electron chi connectivity index (χ2n) is 4.03. The fourth-order valence-corrected chi connectivity index (χ4v) is 1.76. The van der Waals surface area contributed by atoms with Crippen LogP contribution in [-0.2, 0) is 6.54 Å². The van der Waals surface area contributed by atoms with Crippen LogP contribution in [0.2, 0.25) is 0 Å². The van der Waals surface area contributed by atoms with Crippen molar-refractivity contribution in [3.05, 3.63) is 62.8 Å². The van der Waals surface area contributed by atoms with Crippen LogP contribution in [-0.4, -0.2) is 14.7 Å². The highest BCUT2D eigenvalue weighted by atomic mass is 16.3. The predicted molar refractivity (Wildman–Crippen MR) is 72.0 cm³/mol. The second-order valence-corrected chi connectivity index (χ2v) is 4.03. The minimum absolute atomic E-state index is 0.191. The number of aromatic amines is 1. The molecule has 100 valence electrons. The van der Waals surface area contributed by atoms with E-state index in [9.17, 15) is 14.7 Å². The first-order chi connectivity index (χ1) is 9.11. The lowest BCUT2D eigenvalue weighted by molar-refractivity contribution is 0.207. The number of benzene rings is 1. The SMILES string of the molecule is CCn1c(=O)cc(N[C@@H](O)c2ccccc2)[nH]c1=O. The quantitative estimate of drug-likeness (QED) is 0.706. The van der Waals surface area contributed by atoms with E-state index in [1.807, 2.05) is 6.07 Å². The summed E-state index contributed by atoms with van der Waals surface area (Å²) in [7, 11) is 0. The van der Waals surface area contributed by atoms with Gasteiger partial charge in [0.15, 0.2) is 6.23 Å². The molecule has 1 heterocycles. The van der Waals surface area contributed by atoms with Gasteiger partial charge in [-0.3, -0.25) is 14.3 Å². The summed E-state index contributed by atoms with van der Waals surface area (Å²) in [6.45, 7) is 2.01. The molecular weight excluding hydrogens is 246 g/mol. The fraction of sp³-hybridized carbons (Fsp3) is 0.231. The van der Waals surface area contributed by atoms with Gasteiger partial charge in [-0.15, -0.1) is 0 Å². The van der Waals surface area contributed by atoms with Gasteiger partial charge >= 0.3 is 5.69 Å². The summed E-state index contributed by atoms with van der Waals surface area (Å²) in [5.74, 6) is 0.191. The van der Waals surface area contributed by atoms with Crippen molar-refractivity contribution in [2.45, 2.75) is 19.7 Å². The molecule has 2 aromatic rings. The Bertz CT molecular complexity index is 630. The molecule has 0 bridgehead atoms. The van der Waals surface area contributed by atoms with Crippen molar-refractivity contribution < 1.29 is 5.11 Å². The van der Waals surface area contributed by atoms with Gasteiger partial charge in [0.2, 0.25) is 0 Å². The molecule has 1 aromatic heterocycles. The molecule has 0 saturated heterocycles. The van der Waals surface area contributed by atoms with Crippen LogP contribution in [0.25, 0.3) is 0 Å². The first kappa shape index (κ1) is 13.1. The number of H-pyrrole nitrogens is 1. The summed E-state index contributed by atoms with van der Waals surface area (Å²) in [6.07, 6.45) is -0.992. The smallest absolute Gasteiger partial charge is 0.329 e. The van der Waals surface area contributed by atoms with E-state index in [4.69, 9.17) is 0 Å². The highest BCUT2D eigenvalue weighted by molar-refractivity contribution is 5.35. The number of aliphatic hydroxyl groups excluding tert-OH is 1. The van der Waals surface area contributed by atoms with Crippen molar-refractivity contribution in [3.63, 3.8) is 0 Å². The maximum absolute atomic E-state index is 11.6. The van der Waals surface area contributed by atoms with Crippen LogP contribution < -0.4 is 16.6 Å². The Hall–Kier alpha value is -2.34. The monoisotopic (exact) mass is 261 g/mol. The van der Waals surface area contributed by atoms with Crippen LogP contribution in [0.5, 0.6) is 0 Å². The Morgan fingerprint density at radius 1 is 1.32 bits per heavy atom. The number of aromatic nitrogens is 2. The molecule has 0 fully saturated rings. The summed E-state index contributed by atoms with van der Waals surface area (Å²) in [5.41, 5.74) is -0.269. The van der Waals surface area contributed by atoms with Crippen molar-refractivity contribution in [3.8, 4) is 0 Å². The van der Waals surface area contributed by atoms with Gasteiger partial charge in [-0.2, -0.15) is 0 Å². The largest absolute Gasteiger partial charge is 0.369 e. The van der Waals surface area contributed by atoms with Crippen molar-refractivity contribution in [2.24, 2.45) is 0 Å². The van der Waals surface area contributed by atoms with E-state index in [1.165, 1.54) is 6.07 Å². The third-order valence-corrected chi connectivity index (χ3v) is 2.74. The highest BCUT2D eigenvalue weighted by Gasteiger charge is 2.08. The molecule has 3 N–H and O–H groups in total. The van der Waals surface area contributed by atoms with Crippen molar-refractivity contribution in [2.75, 3.05) is 5.32 Å². The average molecular weight is 261 g/mol. The van der Waals surface area contributed by atoms with Gasteiger partial charge in [-0.25, -0.2) is 4.79 Å². The van der Waals surface area contributed by atoms with Crippen LogP contribution in [0.4, 0.5) is 5.82 Å². The lowest BCUT2D eigenvalue weighted by atomic mass is 10.2. The van der Waals surface area contributed by atoms with Gasteiger partial charge in [0.25, 0.3) is 5.56 Å². The maximum Gasteiger partial charge on any atom is 0.329 e. The van der Waals surface area contributed by atoms with E-state index < -0.39 is 17.5 Å². The molecule has 2 rings (SSSR count). The molecule has 0 saturated carbocycles. The Kier molecular flexibility index (Phi) is 3.82. The number of aliphatic hydroxyl groups is 1. The zero-order valence-corrected chi connectivity index (χ0v) is 10.5. The molecule has 6 nitrogen and oxygen atoms in total. The lowest BCUT2D eigenvalue weighted by Crippen LogP contribution is -2.34. The topological polar surface area (TPSA) is 87.1 Å². The predicted octanol–water partition coefficient (Wildman–Crippen LogP) is 0.659. The van der Waals surface area contributed by atoms with Gasteiger partial charge < -0.3 is 10.4 Å². The first-order valence-corrected chi connectivity index (χ1v) is 5.95. The zero-order valence-electron chi connectivity index (χ0n) is 10.5. The van der Waals surface area contributed by atoms with Crippen molar-refractivity contribution in [1.82, 2.24) is 9.55 Å². The van der Waals surface area contributed by atoms with Crippen LogP contribution >= 0.6 is 0 Å². The minimum Gasteiger partial charge on any atom is -0.369 e. The number of hydrogen-bond acceptors (Lipinski definition) is 4. The minimum atomic E-state index is -0.992. The molecule has 0 radical (unpaired) electrons. The summed E-state index contributed by atoms with van der Waals surface area (Å²) in [4.78, 5) is 25.7. The van der Waals surface area contributed by atoms with Crippen LogP contribution in [0.1, 0.15) is 18.7 Å². The lowest BCUT2D eigenvalue weighted by Gasteiger charge is -2.14. The van der Waals surface area contributed by atoms with Crippen LogP contribution in [0.15, 0.2) is 46.0 Å². The number of nitrogens with zero attached hydrogens (tertiary/aromatic N) is 1. The van der Waals surface area contributed by atoms with Gasteiger partial charge in [0, 0.05) is 18.2 Å². The number of nitrogens with one attached hydrogen (secondary N) is 2. The Morgan fingerprint density at radius 3 is 2.58 bits per heavy atom. The zero-order chi connectivity index (χ0) is 13.8. The Morgan fingerprint density at radius 2 is 2.00 bits per heavy atom. The fourth-order valence-electron chi connectivity index (χ4n) is 1.76. The third kappa shape index (κ3) is 2.92. The van der Waals surface area contributed by atoms with Gasteiger partial charge in [0.1, 0.15) is 5.82 Å². The summed E-state index contributed by atoms with van der Waals surface area (Å²) in [5, 5.41) is 12.6. The molecule has 0 unspecified atom stereocenters. The molecule has 0 spiro atoms. The number of hydrogen-bond donors (Lipinski definition) is 3. The Balaban J connectivity index is 2.25. The van der Waals surface area contributed by atoms with E-state index >= 15 is 0 Å². The second kappa shape index (κ2) is 5.53. The molecule has 0 aliphatic carbocycles. The summed E-state index contributed by atoms with van der Waals surface area (Å²) >= 11 is 0. The standard InChI is InChI=1S/C13H15N3O3/c1-2-16-11(17)8-10(15-13(16)19)14-12(18)9-6-4-3-5-7-9/h3-8,12,14,18H,2H2,1H3,(H,15,19)/t12-/m0/s1. The van der Waals surface area contributed by atoms with E-state index in [2.05, 4.69) is 10.3 Å². The van der Waals surface area contributed by atoms with Crippen molar-refractivity contribution in [1.29, 1.82) is 0 Å². The average Bonchev–Trinajstić information content (AvgIpc) is 2.39. The number of rotatable bonds is 4. The first-order valence-electron chi connectivity index (χ1n) is 5.95. The molecule has 0 aliphatic heterocycles. The van der Waals surface area contributed by atoms with Crippen molar-refractivity contribution >= 4 is 5.82 Å². The summed E-state index contributed by atoms with van der Waals surface area (Å²) < 4.78 is 1.07. The van der Waals surface area contributed by atoms with E-state index in [0.717, 1.165) is 4.57 Å². The van der Waals surface area contributed by atoms with Crippen LogP contribution in [0, 0.1) is 0 Å². The van der Waals surface area contributed by atoms with Gasteiger partial charge in [0.05, 0.1) is 0 Å². The van der Waals surface area contributed by atoms with E-state index in [-0.39, 0.29) is 5.82 Å². The molecule has 0 aliphatic rings. The van der Waals surface area contributed by atoms with E-state index in [0.29, 0.717) is 12.1 Å². The maximum atomic E-state index is 11.6. The van der Waals surface area contributed by atoms with Gasteiger partial charge in [-0.1, -0.05) is 30.3 Å². The Labute approximate surface area is 109 Å². The molecule has 19 heavy (non-hydrogen) atoms. The third-order valence-electron chi connectivity index (χ3n) is 2.74. The van der Waals surface area contributed by atoms with E-state index in [1.54, 1.807) is 31.2 Å². The highest BCUT2D eigenvalue weighted by Crippen LogP contribution is 2.13. The molecule has 1 aromatic carbocycles. The van der Waals surface area contributed by atoms with Gasteiger partial charge in [-0.05, 0) is 6.92 Å². The molecule has 1 atom stereocenters. The van der Waals surface area contributed by atoms with Crippen LogP contribution in [0.3, 0.4) is 0 Å².